The van der Waals surface area contributed by atoms with E-state index >= 15 is 0 Å². The Balaban J connectivity index is 0.000000156. The molecular formula is C54H48Cl2O6SiZr-2. The predicted octanol–water partition coefficient (Wildman–Crippen LogP) is 16.1. The number of aryl methyl sites for hydroxylation is 2. The van der Waals surface area contributed by atoms with Gasteiger partial charge in [-0.15, -0.1) is 57.9 Å². The monoisotopic (exact) mass is 980 g/mol. The van der Waals surface area contributed by atoms with E-state index < -0.39 is 18.0 Å². The molecule has 0 aliphatic heterocycles. The van der Waals surface area contributed by atoms with Gasteiger partial charge in [-0.1, -0.05) is 82.9 Å². The second kappa shape index (κ2) is 19.7. The van der Waals surface area contributed by atoms with Crippen molar-refractivity contribution in [2.75, 3.05) is 28.4 Å². The molecule has 0 aliphatic rings. The Morgan fingerprint density at radius 2 is 0.844 bits per heavy atom. The van der Waals surface area contributed by atoms with Gasteiger partial charge in [-0.3, -0.25) is 0 Å². The van der Waals surface area contributed by atoms with E-state index in [1.165, 1.54) is 43.8 Å². The van der Waals surface area contributed by atoms with Crippen LogP contribution in [-0.2, 0) is 18.0 Å². The first-order chi connectivity index (χ1) is 31.0. The molecule has 10 heteroatoms. The molecule has 324 valence electrons. The maximum absolute atomic E-state index is 5.94. The van der Waals surface area contributed by atoms with Crippen LogP contribution in [-0.4, -0.2) is 33.9 Å². The summed E-state index contributed by atoms with van der Waals surface area (Å²) in [6, 6.07) is 46.0. The third-order valence-corrected chi connectivity index (χ3v) is 31.1. The minimum absolute atomic E-state index is 0.224. The average molecular weight is 983 g/mol. The van der Waals surface area contributed by atoms with Crippen LogP contribution in [0.4, 0.5) is 0 Å². The molecule has 0 spiro atoms. The molecule has 0 amide bonds. The van der Waals surface area contributed by atoms with Crippen LogP contribution in [0.1, 0.15) is 11.1 Å². The van der Waals surface area contributed by atoms with Crippen molar-refractivity contribution in [3.63, 3.8) is 0 Å². The molecule has 64 heavy (non-hydrogen) atoms. The number of ether oxygens (including phenoxy) is 4. The van der Waals surface area contributed by atoms with Crippen LogP contribution in [0.5, 0.6) is 23.0 Å². The van der Waals surface area contributed by atoms with Crippen LogP contribution in [0, 0.1) is 13.8 Å². The standard InChI is InChI=1S/2C26H21O3.C2H6Si.2ClH.Zr/c2*1-16-8-9-17-10-20(26-23-7-5-4-6-18(23)15-29-26)13-24(17)25(16)19-11-21(27-2)14-22(12-19)28-3;1-3-2;;;/h2*4-15H,1-3H3;1-2H3;2*1H;/q2*-1;;;;+2/p-2. The predicted molar refractivity (Wildman–Crippen MR) is 265 cm³/mol. The molecule has 0 atom stereocenters. The SMILES string of the molecule is COc1cc(OC)cc(-c2c(C)ccc3[cH-]c(-c4occ5ccccc45)cc23)c1.COc1cc(OC)cc(-c2c(C)ccc3[cH-]c(-c4occ5ccccc45)cc23)c1.C[Si](C)=[Zr]([Cl])[Cl]. The molecule has 10 rings (SSSR count). The van der Waals surface area contributed by atoms with Gasteiger partial charge in [0, 0.05) is 22.9 Å². The van der Waals surface area contributed by atoms with Crippen LogP contribution in [0.3, 0.4) is 0 Å². The molecule has 0 N–H and O–H groups in total. The van der Waals surface area contributed by atoms with E-state index in [-0.39, 0.29) is 5.43 Å². The molecule has 2 heterocycles. The Labute approximate surface area is 388 Å². The van der Waals surface area contributed by atoms with Crippen molar-refractivity contribution in [2.45, 2.75) is 26.9 Å². The van der Waals surface area contributed by atoms with Crippen molar-refractivity contribution >= 4 is 65.5 Å². The van der Waals surface area contributed by atoms with E-state index in [4.69, 9.17) is 44.8 Å². The summed E-state index contributed by atoms with van der Waals surface area (Å²) >= 11 is -1.65. The summed E-state index contributed by atoms with van der Waals surface area (Å²) in [5.41, 5.74) is 8.87. The van der Waals surface area contributed by atoms with Gasteiger partial charge >= 0.3 is 53.5 Å². The van der Waals surface area contributed by atoms with E-state index in [9.17, 15) is 0 Å². The van der Waals surface area contributed by atoms with Crippen molar-refractivity contribution in [3.8, 4) is 67.9 Å². The zero-order valence-corrected chi connectivity index (χ0v) is 42.0. The van der Waals surface area contributed by atoms with Gasteiger partial charge in [-0.2, -0.15) is 0 Å². The van der Waals surface area contributed by atoms with Gasteiger partial charge in [-0.25, -0.2) is 0 Å². The molecule has 6 nitrogen and oxygen atoms in total. The molecule has 0 saturated carbocycles. The van der Waals surface area contributed by atoms with E-state index in [2.05, 4.69) is 124 Å². The Hall–Kier alpha value is -5.50. The van der Waals surface area contributed by atoms with Gasteiger partial charge in [0.25, 0.3) is 0 Å². The Morgan fingerprint density at radius 1 is 0.484 bits per heavy atom. The Morgan fingerprint density at radius 3 is 1.19 bits per heavy atom. The van der Waals surface area contributed by atoms with Crippen LogP contribution >= 0.6 is 17.0 Å². The maximum atomic E-state index is 5.94. The quantitative estimate of drug-likeness (QED) is 0.112. The summed E-state index contributed by atoms with van der Waals surface area (Å²) in [7, 11) is 17.9. The first kappa shape index (κ1) is 45.1. The summed E-state index contributed by atoms with van der Waals surface area (Å²) in [6.45, 7) is 8.60. The topological polar surface area (TPSA) is 63.2 Å². The van der Waals surface area contributed by atoms with Gasteiger partial charge in [0.15, 0.2) is 0 Å². The van der Waals surface area contributed by atoms with E-state index in [0.29, 0.717) is 0 Å². The van der Waals surface area contributed by atoms with E-state index in [1.54, 1.807) is 28.4 Å². The zero-order valence-electron chi connectivity index (χ0n) is 37.1. The molecule has 0 aliphatic carbocycles. The third kappa shape index (κ3) is 9.34. The van der Waals surface area contributed by atoms with Crippen LogP contribution in [0.15, 0.2) is 155 Å². The molecule has 10 aromatic rings. The zero-order chi connectivity index (χ0) is 45.1. The molecule has 0 unspecified atom stereocenters. The van der Waals surface area contributed by atoms with Crippen LogP contribution in [0.25, 0.3) is 88.0 Å². The van der Waals surface area contributed by atoms with Crippen LogP contribution < -0.4 is 18.9 Å². The number of halogens is 2. The number of fused-ring (bicyclic) bond motifs is 4. The number of benzene rings is 6. The first-order valence-electron chi connectivity index (χ1n) is 20.8. The number of hydrogen-bond donors (Lipinski definition) is 0. The van der Waals surface area contributed by atoms with Crippen LogP contribution in [0.2, 0.25) is 13.1 Å². The second-order valence-electron chi connectivity index (χ2n) is 15.8. The fourth-order valence-corrected chi connectivity index (χ4v) is 8.15. The van der Waals surface area contributed by atoms with Gasteiger partial charge in [0.05, 0.1) is 52.5 Å². The molecule has 0 fully saturated rings. The average Bonchev–Trinajstić information content (AvgIpc) is 4.13. The molecular weight excluding hydrogens is 935 g/mol. The third-order valence-electron chi connectivity index (χ3n) is 11.4. The van der Waals surface area contributed by atoms with Gasteiger partial charge in [0.2, 0.25) is 0 Å². The first-order valence-corrected chi connectivity index (χ1v) is 33.3. The van der Waals surface area contributed by atoms with Crippen molar-refractivity contribution in [3.05, 3.63) is 157 Å². The second-order valence-corrected chi connectivity index (χ2v) is 38.8. The molecule has 2 aromatic heterocycles. The fraction of sp³-hybridized carbons (Fsp3) is 0.148. The summed E-state index contributed by atoms with van der Waals surface area (Å²) in [4.78, 5) is 0. The fourth-order valence-electron chi connectivity index (χ4n) is 8.15. The van der Waals surface area contributed by atoms with Gasteiger partial charge in [0.1, 0.15) is 23.0 Å². The summed E-state index contributed by atoms with van der Waals surface area (Å²) in [5, 5.41) is 9.23. The van der Waals surface area contributed by atoms with Crippen molar-refractivity contribution in [1.29, 1.82) is 0 Å². The molecule has 0 radical (unpaired) electrons. The summed E-state index contributed by atoms with van der Waals surface area (Å²) in [6.07, 6.45) is 3.64. The molecule has 8 aromatic carbocycles. The minimum atomic E-state index is -1.65. The van der Waals surface area contributed by atoms with Gasteiger partial charge in [-0.05, 0) is 71.1 Å². The van der Waals surface area contributed by atoms with Gasteiger partial charge < -0.3 is 27.8 Å². The normalized spacial score (nSPS) is 11.0. The van der Waals surface area contributed by atoms with Crippen molar-refractivity contribution in [2.24, 2.45) is 0 Å². The molecule has 0 saturated heterocycles. The Bertz CT molecular complexity index is 3040. The number of hydrogen-bond acceptors (Lipinski definition) is 6. The molecule has 0 bridgehead atoms. The number of rotatable bonds is 8. The van der Waals surface area contributed by atoms with Crippen molar-refractivity contribution < 1.29 is 45.8 Å². The summed E-state index contributed by atoms with van der Waals surface area (Å²) < 4.78 is 33.8. The van der Waals surface area contributed by atoms with E-state index in [0.717, 1.165) is 78.3 Å². The van der Waals surface area contributed by atoms with E-state index in [1.807, 2.05) is 48.9 Å². The van der Waals surface area contributed by atoms with Crippen molar-refractivity contribution in [1.82, 2.24) is 0 Å². The number of furan rings is 2. The number of methoxy groups -OCH3 is 4. The Kier molecular flexibility index (Phi) is 13.9. The summed E-state index contributed by atoms with van der Waals surface area (Å²) in [5.74, 6) is 4.92.